The molecule has 0 aliphatic carbocycles. The van der Waals surface area contributed by atoms with Gasteiger partial charge in [0.1, 0.15) is 36.3 Å². The van der Waals surface area contributed by atoms with Gasteiger partial charge in [0.25, 0.3) is 0 Å². The third kappa shape index (κ3) is 11.4. The summed E-state index contributed by atoms with van der Waals surface area (Å²) >= 11 is 0. The van der Waals surface area contributed by atoms with E-state index in [1.165, 1.54) is 0 Å². The number of carboxylic acid groups (broad SMARTS) is 2. The first-order chi connectivity index (χ1) is 20.1. The number of hydrogen-bond acceptors (Lipinski definition) is 9. The highest BCUT2D eigenvalue weighted by molar-refractivity contribution is 5.87. The molecule has 0 fully saturated rings. The summed E-state index contributed by atoms with van der Waals surface area (Å²) in [5.74, 6) is -3.26. The number of nitrogen functional groups attached to an aromatic ring is 2. The molecule has 6 N–H and O–H groups in total. The maximum absolute atomic E-state index is 10.6. The van der Waals surface area contributed by atoms with Crippen LogP contribution in [0.25, 0.3) is 21.8 Å². The van der Waals surface area contributed by atoms with Gasteiger partial charge in [-0.05, 0) is 24.3 Å². The molecule has 0 saturated heterocycles. The molecule has 0 aliphatic heterocycles. The van der Waals surface area contributed by atoms with Crippen molar-refractivity contribution in [3.8, 4) is 11.5 Å². The third-order valence-corrected chi connectivity index (χ3v) is 4.85. The Hall–Kier alpha value is -5.06. The zero-order valence-corrected chi connectivity index (χ0v) is 21.9. The number of pyridine rings is 2. The summed E-state index contributed by atoms with van der Waals surface area (Å²) in [4.78, 5) is 26.4. The number of anilines is 2. The van der Waals surface area contributed by atoms with Crippen LogP contribution in [0.1, 0.15) is 0 Å². The first-order valence-electron chi connectivity index (χ1n) is 11.8. The van der Waals surface area contributed by atoms with Crippen molar-refractivity contribution < 1.29 is 60.4 Å². The van der Waals surface area contributed by atoms with Gasteiger partial charge in [0.05, 0.1) is 24.2 Å². The number of fused-ring (bicyclic) bond motifs is 2. The molecule has 43 heavy (non-hydrogen) atoms. The minimum Gasteiger partial charge on any atom is -0.490 e. The second-order valence-corrected chi connectivity index (χ2v) is 8.04. The average Bonchev–Trinajstić information content (AvgIpc) is 2.91. The lowest BCUT2D eigenvalue weighted by Gasteiger charge is -2.12. The molecule has 4 aromatic rings. The summed E-state index contributed by atoms with van der Waals surface area (Å²) in [6.07, 6.45) is -10.2. The zero-order valence-electron chi connectivity index (χ0n) is 21.9. The lowest BCUT2D eigenvalue weighted by molar-refractivity contribution is -0.193. The van der Waals surface area contributed by atoms with E-state index in [1.54, 1.807) is 12.1 Å². The van der Waals surface area contributed by atoms with E-state index in [0.717, 1.165) is 21.8 Å². The van der Waals surface area contributed by atoms with Gasteiger partial charge in [-0.15, -0.1) is 0 Å². The number of ether oxygens (including phenoxy) is 3. The van der Waals surface area contributed by atoms with Crippen molar-refractivity contribution in [1.29, 1.82) is 0 Å². The number of hydrogen-bond donors (Lipinski definition) is 4. The number of aromatic nitrogens is 2. The van der Waals surface area contributed by atoms with Crippen LogP contribution in [0, 0.1) is 0 Å². The van der Waals surface area contributed by atoms with Crippen molar-refractivity contribution in [2.45, 2.75) is 12.4 Å². The number of alkyl halides is 6. The maximum Gasteiger partial charge on any atom is 0.490 e. The van der Waals surface area contributed by atoms with Gasteiger partial charge in [0, 0.05) is 22.9 Å². The number of para-hydroxylation sites is 2. The topological polar surface area (TPSA) is 180 Å². The molecule has 0 amide bonds. The van der Waals surface area contributed by atoms with E-state index >= 15 is 0 Å². The van der Waals surface area contributed by atoms with Crippen LogP contribution in [0.2, 0.25) is 0 Å². The molecule has 0 saturated carbocycles. The van der Waals surface area contributed by atoms with E-state index in [4.69, 9.17) is 45.5 Å². The summed E-state index contributed by atoms with van der Waals surface area (Å²) < 4.78 is 80.7. The molecule has 2 aromatic carbocycles. The molecule has 17 heteroatoms. The highest BCUT2D eigenvalue weighted by Gasteiger charge is 2.38. The largest absolute Gasteiger partial charge is 0.490 e. The van der Waals surface area contributed by atoms with Crippen LogP contribution in [0.5, 0.6) is 11.5 Å². The first-order valence-corrected chi connectivity index (χ1v) is 11.8. The number of aliphatic carboxylic acids is 2. The fourth-order valence-electron chi connectivity index (χ4n) is 3.09. The molecule has 0 spiro atoms. The summed E-state index contributed by atoms with van der Waals surface area (Å²) in [7, 11) is 0. The molecular weight excluding hydrogens is 594 g/mol. The Kier molecular flexibility index (Phi) is 12.1. The predicted octanol–water partition coefficient (Wildman–Crippen LogP) is 4.69. The van der Waals surface area contributed by atoms with Crippen molar-refractivity contribution in [2.24, 2.45) is 0 Å². The van der Waals surface area contributed by atoms with Gasteiger partial charge in [-0.2, -0.15) is 26.3 Å². The summed E-state index contributed by atoms with van der Waals surface area (Å²) in [6.45, 7) is 1.66. The maximum atomic E-state index is 10.6. The van der Waals surface area contributed by atoms with Crippen molar-refractivity contribution in [3.05, 3.63) is 60.7 Å². The van der Waals surface area contributed by atoms with Crippen molar-refractivity contribution >= 4 is 45.4 Å². The van der Waals surface area contributed by atoms with Crippen LogP contribution in [-0.2, 0) is 14.3 Å². The van der Waals surface area contributed by atoms with E-state index in [-0.39, 0.29) is 0 Å². The van der Waals surface area contributed by atoms with Crippen LogP contribution in [0.4, 0.5) is 38.0 Å². The molecule has 232 valence electrons. The van der Waals surface area contributed by atoms with Gasteiger partial charge < -0.3 is 35.9 Å². The standard InChI is InChI=1S/C22H22N4O3.2C2HF3O2/c23-21-13-19(15-5-1-3-7-17(15)25-21)28-11-9-27-10-12-29-20-14-22(24)26-18-8-4-2-6-16(18)20;2*3-2(4,5)1(6)7/h1-8,13-14H,9-12H2,(H2,23,25)(H2,24,26);2*(H,6,7). The van der Waals surface area contributed by atoms with Crippen LogP contribution < -0.4 is 20.9 Å². The van der Waals surface area contributed by atoms with Crippen molar-refractivity contribution in [3.63, 3.8) is 0 Å². The highest BCUT2D eigenvalue weighted by Crippen LogP contribution is 2.27. The van der Waals surface area contributed by atoms with Gasteiger partial charge in [-0.25, -0.2) is 19.6 Å². The Labute approximate surface area is 238 Å². The van der Waals surface area contributed by atoms with Gasteiger partial charge in [0.15, 0.2) is 0 Å². The molecule has 0 radical (unpaired) electrons. The van der Waals surface area contributed by atoms with E-state index < -0.39 is 24.3 Å². The Balaban J connectivity index is 0.000000384. The fraction of sp³-hybridized carbons (Fsp3) is 0.231. The molecular formula is C26H24F6N4O7. The number of nitrogens with two attached hydrogens (primary N) is 2. The van der Waals surface area contributed by atoms with Crippen LogP contribution in [-0.4, -0.2) is 70.9 Å². The Morgan fingerprint density at radius 1 is 0.651 bits per heavy atom. The van der Waals surface area contributed by atoms with Gasteiger partial charge in [0.2, 0.25) is 0 Å². The second-order valence-electron chi connectivity index (χ2n) is 8.04. The van der Waals surface area contributed by atoms with Gasteiger partial charge >= 0.3 is 24.3 Å². The number of rotatable bonds is 8. The van der Waals surface area contributed by atoms with E-state index in [1.807, 2.05) is 48.5 Å². The van der Waals surface area contributed by atoms with Crippen LogP contribution in [0.15, 0.2) is 60.7 Å². The first kappa shape index (κ1) is 34.1. The lowest BCUT2D eigenvalue weighted by Crippen LogP contribution is -2.21. The Morgan fingerprint density at radius 3 is 1.30 bits per heavy atom. The Bertz CT molecular complexity index is 1420. The van der Waals surface area contributed by atoms with Crippen LogP contribution >= 0.6 is 0 Å². The molecule has 0 atom stereocenters. The molecule has 0 aliphatic rings. The molecule has 11 nitrogen and oxygen atoms in total. The molecule has 2 aromatic heterocycles. The summed E-state index contributed by atoms with van der Waals surface area (Å²) in [5, 5.41) is 16.1. The van der Waals surface area contributed by atoms with Crippen molar-refractivity contribution in [2.75, 3.05) is 37.9 Å². The normalized spacial score (nSPS) is 11.1. The SMILES string of the molecule is Nc1cc(OCCOCCOc2cc(N)nc3ccccc23)c2ccccc2n1.O=C(O)C(F)(F)F.O=C(O)C(F)(F)F. The summed E-state index contributed by atoms with van der Waals surface area (Å²) in [5.41, 5.74) is 13.3. The van der Waals surface area contributed by atoms with E-state index in [2.05, 4.69) is 9.97 Å². The number of nitrogens with zero attached hydrogens (tertiary/aromatic N) is 2. The van der Waals surface area contributed by atoms with E-state index in [9.17, 15) is 26.3 Å². The smallest absolute Gasteiger partial charge is 0.490 e. The number of benzene rings is 2. The molecule has 0 unspecified atom stereocenters. The van der Waals surface area contributed by atoms with E-state index in [0.29, 0.717) is 49.6 Å². The minimum atomic E-state index is -5.08. The number of carboxylic acids is 2. The predicted molar refractivity (Wildman–Crippen MR) is 142 cm³/mol. The highest BCUT2D eigenvalue weighted by atomic mass is 19.4. The van der Waals surface area contributed by atoms with Crippen LogP contribution in [0.3, 0.4) is 0 Å². The molecule has 0 bridgehead atoms. The average molecular weight is 618 g/mol. The lowest BCUT2D eigenvalue weighted by atomic mass is 10.2. The van der Waals surface area contributed by atoms with Crippen molar-refractivity contribution in [1.82, 2.24) is 9.97 Å². The minimum absolute atomic E-state index is 0.401. The quantitative estimate of drug-likeness (QED) is 0.159. The fourth-order valence-corrected chi connectivity index (χ4v) is 3.09. The Morgan fingerprint density at radius 2 is 0.977 bits per heavy atom. The number of carbonyl (C=O) groups is 2. The zero-order chi connectivity index (χ0) is 32.2. The number of halogens is 6. The van der Waals surface area contributed by atoms with Gasteiger partial charge in [-0.1, -0.05) is 24.3 Å². The summed E-state index contributed by atoms with van der Waals surface area (Å²) in [6, 6.07) is 18.9. The van der Waals surface area contributed by atoms with Gasteiger partial charge in [-0.3, -0.25) is 0 Å². The second kappa shape index (κ2) is 15.2. The monoisotopic (exact) mass is 618 g/mol. The molecule has 2 heterocycles. The molecule has 4 rings (SSSR count). The third-order valence-electron chi connectivity index (χ3n) is 4.85.